The molecule has 0 radical (unpaired) electrons. The number of carbonyl (C=O) groups is 1. The summed E-state index contributed by atoms with van der Waals surface area (Å²) in [4.78, 5) is 30.2. The van der Waals surface area contributed by atoms with E-state index in [2.05, 4.69) is 15.9 Å². The van der Waals surface area contributed by atoms with Gasteiger partial charge in [-0.15, -0.1) is 0 Å². The SMILES string of the molecule is O=C(COc1ccccc1P(=O)(O)O)NCC(F)(F)c1cccc(Br)c1. The van der Waals surface area contributed by atoms with Crippen LogP contribution in [0.4, 0.5) is 8.78 Å². The number of nitrogens with one attached hydrogen (secondary N) is 1. The van der Waals surface area contributed by atoms with Crippen LogP contribution in [0.3, 0.4) is 0 Å². The van der Waals surface area contributed by atoms with E-state index in [-0.39, 0.29) is 16.6 Å². The fraction of sp³-hybridized carbons (Fsp3) is 0.188. The highest BCUT2D eigenvalue weighted by molar-refractivity contribution is 9.10. The van der Waals surface area contributed by atoms with Crippen molar-refractivity contribution in [1.82, 2.24) is 5.32 Å². The summed E-state index contributed by atoms with van der Waals surface area (Å²) in [5.74, 6) is -4.32. The van der Waals surface area contributed by atoms with Crippen LogP contribution in [0.5, 0.6) is 5.75 Å². The van der Waals surface area contributed by atoms with Crippen LogP contribution in [0, 0.1) is 0 Å². The third-order valence-corrected chi connectivity index (χ3v) is 4.78. The molecule has 0 heterocycles. The largest absolute Gasteiger partial charge is 0.483 e. The number of benzene rings is 2. The zero-order valence-electron chi connectivity index (χ0n) is 13.2. The Balaban J connectivity index is 1.95. The van der Waals surface area contributed by atoms with Gasteiger partial charge < -0.3 is 19.8 Å². The van der Waals surface area contributed by atoms with E-state index < -0.39 is 32.6 Å². The first-order valence-corrected chi connectivity index (χ1v) is 9.68. The molecule has 2 aromatic carbocycles. The normalized spacial score (nSPS) is 11.9. The first-order chi connectivity index (χ1) is 12.1. The first-order valence-electron chi connectivity index (χ1n) is 7.28. The third kappa shape index (κ3) is 5.60. The number of hydrogen-bond acceptors (Lipinski definition) is 3. The number of hydrogen-bond donors (Lipinski definition) is 3. The van der Waals surface area contributed by atoms with Crippen LogP contribution in [0.15, 0.2) is 53.0 Å². The van der Waals surface area contributed by atoms with Gasteiger partial charge in [-0.3, -0.25) is 9.36 Å². The van der Waals surface area contributed by atoms with E-state index in [4.69, 9.17) is 4.74 Å². The maximum Gasteiger partial charge on any atom is 0.359 e. The van der Waals surface area contributed by atoms with Crippen molar-refractivity contribution in [3.8, 4) is 5.75 Å². The fourth-order valence-electron chi connectivity index (χ4n) is 2.04. The molecule has 0 bridgehead atoms. The van der Waals surface area contributed by atoms with Crippen LogP contribution < -0.4 is 15.4 Å². The Morgan fingerprint density at radius 3 is 2.54 bits per heavy atom. The van der Waals surface area contributed by atoms with Crippen LogP contribution in [-0.4, -0.2) is 28.8 Å². The molecular weight excluding hydrogens is 435 g/mol. The van der Waals surface area contributed by atoms with Crippen LogP contribution in [0.1, 0.15) is 5.56 Å². The number of amides is 1. The lowest BCUT2D eigenvalue weighted by Gasteiger charge is -2.18. The Labute approximate surface area is 156 Å². The molecule has 2 rings (SSSR count). The van der Waals surface area contributed by atoms with Crippen molar-refractivity contribution < 1.29 is 32.7 Å². The average Bonchev–Trinajstić information content (AvgIpc) is 2.57. The second kappa shape index (κ2) is 8.26. The molecule has 0 saturated heterocycles. The Morgan fingerprint density at radius 1 is 1.19 bits per heavy atom. The van der Waals surface area contributed by atoms with Gasteiger partial charge in [-0.05, 0) is 24.3 Å². The number of rotatable bonds is 7. The molecule has 0 aliphatic heterocycles. The average molecular weight is 450 g/mol. The standard InChI is InChI=1S/C16H15BrF2NO5P/c17-12-5-3-4-11(8-12)16(18,19)10-20-15(21)9-25-13-6-1-2-7-14(13)26(22,23)24/h1-8H,9-10H2,(H,20,21)(H2,22,23,24). The van der Waals surface area contributed by atoms with E-state index in [1.54, 1.807) is 6.07 Å². The van der Waals surface area contributed by atoms with Gasteiger partial charge in [-0.25, -0.2) is 0 Å². The molecule has 26 heavy (non-hydrogen) atoms. The van der Waals surface area contributed by atoms with Gasteiger partial charge in [0.15, 0.2) is 6.61 Å². The van der Waals surface area contributed by atoms with Gasteiger partial charge in [0.1, 0.15) is 11.1 Å². The van der Waals surface area contributed by atoms with Gasteiger partial charge in [0, 0.05) is 10.0 Å². The molecule has 0 unspecified atom stereocenters. The highest BCUT2D eigenvalue weighted by atomic mass is 79.9. The van der Waals surface area contributed by atoms with Crippen molar-refractivity contribution >= 4 is 34.7 Å². The Bertz CT molecular complexity index is 843. The predicted octanol–water partition coefficient (Wildman–Crippen LogP) is 2.54. The molecule has 140 valence electrons. The highest BCUT2D eigenvalue weighted by Gasteiger charge is 2.32. The summed E-state index contributed by atoms with van der Waals surface area (Å²) in [5.41, 5.74) is -0.264. The zero-order chi connectivity index (χ0) is 19.4. The molecule has 0 saturated carbocycles. The van der Waals surface area contributed by atoms with Crippen molar-refractivity contribution in [2.75, 3.05) is 13.2 Å². The molecule has 0 aliphatic rings. The van der Waals surface area contributed by atoms with Crippen molar-refractivity contribution in [1.29, 1.82) is 0 Å². The van der Waals surface area contributed by atoms with Crippen LogP contribution >= 0.6 is 23.5 Å². The minimum Gasteiger partial charge on any atom is -0.483 e. The molecule has 2 aromatic rings. The van der Waals surface area contributed by atoms with Gasteiger partial charge in [-0.2, -0.15) is 8.78 Å². The minimum atomic E-state index is -4.58. The van der Waals surface area contributed by atoms with E-state index in [9.17, 15) is 27.9 Å². The van der Waals surface area contributed by atoms with Crippen LogP contribution in [-0.2, 0) is 15.3 Å². The summed E-state index contributed by atoms with van der Waals surface area (Å²) in [6, 6.07) is 10.9. The van der Waals surface area contributed by atoms with Gasteiger partial charge in [0.05, 0.1) is 6.54 Å². The summed E-state index contributed by atoms with van der Waals surface area (Å²) >= 11 is 3.10. The van der Waals surface area contributed by atoms with E-state index >= 15 is 0 Å². The molecule has 0 fully saturated rings. The van der Waals surface area contributed by atoms with Crippen molar-refractivity contribution in [2.24, 2.45) is 0 Å². The first kappa shape index (κ1) is 20.5. The number of para-hydroxylation sites is 1. The second-order valence-corrected chi connectivity index (χ2v) is 7.78. The summed E-state index contributed by atoms with van der Waals surface area (Å²) < 4.78 is 45.1. The molecule has 1 amide bonds. The van der Waals surface area contributed by atoms with Gasteiger partial charge in [0.25, 0.3) is 11.8 Å². The lowest BCUT2D eigenvalue weighted by atomic mass is 10.1. The van der Waals surface area contributed by atoms with Gasteiger partial charge >= 0.3 is 7.60 Å². The molecule has 10 heteroatoms. The summed E-state index contributed by atoms with van der Waals surface area (Å²) in [7, 11) is -4.58. The van der Waals surface area contributed by atoms with Gasteiger partial charge in [0.2, 0.25) is 0 Å². The fourth-order valence-corrected chi connectivity index (χ4v) is 3.15. The molecular formula is C16H15BrF2NO5P. The number of alkyl halides is 2. The van der Waals surface area contributed by atoms with E-state index in [1.165, 1.54) is 36.4 Å². The Hall–Kier alpha value is -1.80. The van der Waals surface area contributed by atoms with Crippen molar-refractivity contribution in [2.45, 2.75) is 5.92 Å². The zero-order valence-corrected chi connectivity index (χ0v) is 15.7. The van der Waals surface area contributed by atoms with E-state index in [0.29, 0.717) is 4.47 Å². The lowest BCUT2D eigenvalue weighted by molar-refractivity contribution is -0.125. The van der Waals surface area contributed by atoms with E-state index in [0.717, 1.165) is 6.07 Å². The molecule has 0 spiro atoms. The quantitative estimate of drug-likeness (QED) is 0.564. The molecule has 3 N–H and O–H groups in total. The Morgan fingerprint density at radius 2 is 1.88 bits per heavy atom. The van der Waals surface area contributed by atoms with Gasteiger partial charge in [-0.1, -0.05) is 40.2 Å². The maximum absolute atomic E-state index is 14.1. The predicted molar refractivity (Wildman–Crippen MR) is 94.7 cm³/mol. The van der Waals surface area contributed by atoms with Crippen LogP contribution in [0.25, 0.3) is 0 Å². The molecule has 0 aromatic heterocycles. The molecule has 6 nitrogen and oxygen atoms in total. The van der Waals surface area contributed by atoms with Crippen LogP contribution in [0.2, 0.25) is 0 Å². The van der Waals surface area contributed by atoms with Crippen molar-refractivity contribution in [3.63, 3.8) is 0 Å². The summed E-state index contributed by atoms with van der Waals surface area (Å²) in [6.07, 6.45) is 0. The summed E-state index contributed by atoms with van der Waals surface area (Å²) in [5, 5.41) is 1.66. The number of ether oxygens (including phenoxy) is 1. The lowest BCUT2D eigenvalue weighted by Crippen LogP contribution is -2.37. The molecule has 0 aliphatic carbocycles. The number of halogens is 3. The second-order valence-electron chi connectivity index (χ2n) is 5.29. The smallest absolute Gasteiger partial charge is 0.359 e. The minimum absolute atomic E-state index is 0.185. The Kier molecular flexibility index (Phi) is 6.52. The topological polar surface area (TPSA) is 95.9 Å². The third-order valence-electron chi connectivity index (χ3n) is 3.29. The van der Waals surface area contributed by atoms with Crippen molar-refractivity contribution in [3.05, 3.63) is 58.6 Å². The monoisotopic (exact) mass is 449 g/mol. The highest BCUT2D eigenvalue weighted by Crippen LogP contribution is 2.37. The maximum atomic E-state index is 14.1. The number of carbonyl (C=O) groups excluding carboxylic acids is 1. The van der Waals surface area contributed by atoms with E-state index in [1.807, 2.05) is 5.32 Å². The summed E-state index contributed by atoms with van der Waals surface area (Å²) in [6.45, 7) is -1.60. The molecule has 0 atom stereocenters.